The van der Waals surface area contributed by atoms with Gasteiger partial charge in [0.1, 0.15) is 0 Å². The summed E-state index contributed by atoms with van der Waals surface area (Å²) >= 11 is 0. The van der Waals surface area contributed by atoms with E-state index in [2.05, 4.69) is 9.97 Å². The highest BCUT2D eigenvalue weighted by molar-refractivity contribution is 6.45. The van der Waals surface area contributed by atoms with Gasteiger partial charge < -0.3 is 5.02 Å². The summed E-state index contributed by atoms with van der Waals surface area (Å²) in [5, 5.41) is 11.1. The van der Waals surface area contributed by atoms with Crippen LogP contribution >= 0.6 is 0 Å². The Labute approximate surface area is 93.1 Å². The van der Waals surface area contributed by atoms with Crippen molar-refractivity contribution in [2.75, 3.05) is 0 Å². The van der Waals surface area contributed by atoms with E-state index in [1.807, 2.05) is 30.3 Å². The lowest BCUT2D eigenvalue weighted by atomic mass is 9.89. The smallest absolute Gasteiger partial charge is 0.306 e. The molecule has 1 N–H and O–H groups in total. The largest absolute Gasteiger partial charge is 0.449 e. The highest BCUT2D eigenvalue weighted by Gasteiger charge is 2.03. The summed E-state index contributed by atoms with van der Waals surface area (Å²) in [4.78, 5) is 8.70. The van der Waals surface area contributed by atoms with Gasteiger partial charge >= 0.3 is 7.48 Å². The molecule has 2 heterocycles. The number of pyridine rings is 2. The number of hydrogen-bond donors (Lipinski definition) is 1. The first-order valence-corrected chi connectivity index (χ1v) is 5.12. The Balaban J connectivity index is 2.43. The number of fused-ring (bicyclic) bond motifs is 3. The Bertz CT molecular complexity index is 669. The fourth-order valence-electron chi connectivity index (χ4n) is 1.87. The topological polar surface area (TPSA) is 46.0 Å². The van der Waals surface area contributed by atoms with Crippen LogP contribution in [0.3, 0.4) is 0 Å². The number of aromatic nitrogens is 2. The fourth-order valence-corrected chi connectivity index (χ4v) is 1.87. The molecule has 0 aliphatic carbocycles. The zero-order valence-electron chi connectivity index (χ0n) is 8.59. The first kappa shape index (κ1) is 9.30. The third kappa shape index (κ3) is 1.35. The second-order valence-corrected chi connectivity index (χ2v) is 3.71. The molecular weight excluding hydrogens is 199 g/mol. The zero-order chi connectivity index (χ0) is 11.0. The van der Waals surface area contributed by atoms with Crippen molar-refractivity contribution in [3.8, 4) is 0 Å². The summed E-state index contributed by atoms with van der Waals surface area (Å²) in [6, 6.07) is 9.90. The monoisotopic (exact) mass is 208 g/mol. The molecule has 1 aromatic carbocycles. The Hall–Kier alpha value is -1.94. The Kier molecular flexibility index (Phi) is 2.08. The van der Waals surface area contributed by atoms with Crippen LogP contribution in [0, 0.1) is 0 Å². The molecule has 3 aromatic rings. The lowest BCUT2D eigenvalue weighted by Gasteiger charge is -2.02. The second kappa shape index (κ2) is 3.57. The average Bonchev–Trinajstić information content (AvgIpc) is 2.38. The quantitative estimate of drug-likeness (QED) is 0.474. The van der Waals surface area contributed by atoms with E-state index >= 15 is 0 Å². The van der Waals surface area contributed by atoms with Gasteiger partial charge in [0.25, 0.3) is 0 Å². The second-order valence-electron chi connectivity index (χ2n) is 3.71. The summed E-state index contributed by atoms with van der Waals surface area (Å²) in [5.74, 6) is 0. The van der Waals surface area contributed by atoms with Crippen molar-refractivity contribution in [2.24, 2.45) is 0 Å². The van der Waals surface area contributed by atoms with Crippen LogP contribution < -0.4 is 5.46 Å². The average molecular weight is 208 g/mol. The van der Waals surface area contributed by atoms with Crippen LogP contribution in [0.5, 0.6) is 0 Å². The van der Waals surface area contributed by atoms with Crippen molar-refractivity contribution in [1.29, 1.82) is 0 Å². The molecule has 76 valence electrons. The van der Waals surface area contributed by atoms with Gasteiger partial charge in [-0.1, -0.05) is 24.3 Å². The molecule has 0 saturated heterocycles. The molecule has 0 aliphatic heterocycles. The molecule has 0 bridgehead atoms. The number of rotatable bonds is 1. The predicted molar refractivity (Wildman–Crippen MR) is 66.0 cm³/mol. The van der Waals surface area contributed by atoms with Gasteiger partial charge in [-0.2, -0.15) is 0 Å². The highest BCUT2D eigenvalue weighted by atomic mass is 16.2. The van der Waals surface area contributed by atoms with Gasteiger partial charge in [0.05, 0.1) is 11.0 Å². The van der Waals surface area contributed by atoms with Crippen LogP contribution in [-0.2, 0) is 0 Å². The third-order valence-electron chi connectivity index (χ3n) is 2.66. The lowest BCUT2D eigenvalue weighted by Crippen LogP contribution is -2.13. The molecule has 16 heavy (non-hydrogen) atoms. The number of nitrogens with zero attached hydrogens (tertiary/aromatic N) is 2. The van der Waals surface area contributed by atoms with Crippen LogP contribution in [0.2, 0.25) is 0 Å². The first-order chi connectivity index (χ1) is 7.88. The molecule has 0 fully saturated rings. The Morgan fingerprint density at radius 1 is 1.00 bits per heavy atom. The minimum Gasteiger partial charge on any atom is -0.449 e. The number of hydrogen-bond acceptors (Lipinski definition) is 3. The standard InChI is InChI=1S/C12H9BN2O/c16-13-10-6-9-4-3-8-2-1-5-14-11(8)12(9)15-7-10/h1-7,13,16H. The van der Waals surface area contributed by atoms with Gasteiger partial charge in [-0.15, -0.1) is 0 Å². The van der Waals surface area contributed by atoms with Crippen LogP contribution in [0.1, 0.15) is 0 Å². The minimum atomic E-state index is 0.0171. The molecule has 4 heteroatoms. The summed E-state index contributed by atoms with van der Waals surface area (Å²) in [6.45, 7) is 0. The third-order valence-corrected chi connectivity index (χ3v) is 2.66. The van der Waals surface area contributed by atoms with E-state index in [1.165, 1.54) is 0 Å². The maximum atomic E-state index is 9.05. The van der Waals surface area contributed by atoms with Crippen molar-refractivity contribution in [2.45, 2.75) is 0 Å². The Morgan fingerprint density at radius 3 is 2.69 bits per heavy atom. The normalized spacial score (nSPS) is 10.8. The van der Waals surface area contributed by atoms with Crippen LogP contribution in [0.15, 0.2) is 42.7 Å². The van der Waals surface area contributed by atoms with Crippen molar-refractivity contribution < 1.29 is 5.02 Å². The van der Waals surface area contributed by atoms with E-state index in [-0.39, 0.29) is 7.48 Å². The Morgan fingerprint density at radius 2 is 1.81 bits per heavy atom. The van der Waals surface area contributed by atoms with E-state index in [0.29, 0.717) is 0 Å². The molecule has 0 spiro atoms. The maximum Gasteiger partial charge on any atom is 0.306 e. The van der Waals surface area contributed by atoms with Crippen LogP contribution in [0.4, 0.5) is 0 Å². The first-order valence-electron chi connectivity index (χ1n) is 5.12. The molecular formula is C12H9BN2O. The molecule has 0 saturated carbocycles. The van der Waals surface area contributed by atoms with Crippen molar-refractivity contribution in [3.05, 3.63) is 42.7 Å². The van der Waals surface area contributed by atoms with Gasteiger partial charge in [-0.05, 0) is 11.5 Å². The summed E-state index contributed by atoms with van der Waals surface area (Å²) in [5.41, 5.74) is 2.61. The maximum absolute atomic E-state index is 9.05. The summed E-state index contributed by atoms with van der Waals surface area (Å²) in [7, 11) is 0.0171. The zero-order valence-corrected chi connectivity index (χ0v) is 8.59. The van der Waals surface area contributed by atoms with Gasteiger partial charge in [0.2, 0.25) is 0 Å². The van der Waals surface area contributed by atoms with Crippen molar-refractivity contribution in [1.82, 2.24) is 9.97 Å². The van der Waals surface area contributed by atoms with Crippen molar-refractivity contribution >= 4 is 34.8 Å². The van der Waals surface area contributed by atoms with E-state index in [0.717, 1.165) is 27.3 Å². The van der Waals surface area contributed by atoms with E-state index < -0.39 is 0 Å². The molecule has 0 aliphatic rings. The molecule has 0 radical (unpaired) electrons. The van der Waals surface area contributed by atoms with Crippen LogP contribution in [0.25, 0.3) is 21.8 Å². The molecule has 0 unspecified atom stereocenters. The van der Waals surface area contributed by atoms with Crippen molar-refractivity contribution in [3.63, 3.8) is 0 Å². The number of benzene rings is 1. The minimum absolute atomic E-state index is 0.0171. The summed E-state index contributed by atoms with van der Waals surface area (Å²) in [6.07, 6.45) is 3.46. The SMILES string of the molecule is OBc1cnc2c(ccc3cccnc32)c1. The van der Waals surface area contributed by atoms with Gasteiger partial charge in [-0.3, -0.25) is 9.97 Å². The van der Waals surface area contributed by atoms with E-state index in [1.54, 1.807) is 12.4 Å². The van der Waals surface area contributed by atoms with Gasteiger partial charge in [0, 0.05) is 23.2 Å². The van der Waals surface area contributed by atoms with E-state index in [9.17, 15) is 0 Å². The summed E-state index contributed by atoms with van der Waals surface area (Å²) < 4.78 is 0. The van der Waals surface area contributed by atoms with Gasteiger partial charge in [0.15, 0.2) is 0 Å². The highest BCUT2D eigenvalue weighted by Crippen LogP contribution is 2.20. The van der Waals surface area contributed by atoms with Crippen LogP contribution in [-0.4, -0.2) is 22.5 Å². The predicted octanol–water partition coefficient (Wildman–Crippen LogP) is 0.752. The van der Waals surface area contributed by atoms with E-state index in [4.69, 9.17) is 5.02 Å². The molecule has 3 rings (SSSR count). The molecule has 0 atom stereocenters. The lowest BCUT2D eigenvalue weighted by molar-refractivity contribution is 0.615. The van der Waals surface area contributed by atoms with Gasteiger partial charge in [-0.25, -0.2) is 0 Å². The molecule has 3 nitrogen and oxygen atoms in total. The molecule has 0 amide bonds. The fraction of sp³-hybridized carbons (Fsp3) is 0. The molecule has 2 aromatic heterocycles.